The highest BCUT2D eigenvalue weighted by Gasteiger charge is 2.24. The Morgan fingerprint density at radius 1 is 1.50 bits per heavy atom. The summed E-state index contributed by atoms with van der Waals surface area (Å²) in [5.41, 5.74) is 0. The highest BCUT2D eigenvalue weighted by Crippen LogP contribution is 2.25. The molecule has 2 heterocycles. The summed E-state index contributed by atoms with van der Waals surface area (Å²) in [5.74, 6) is 1.11. The quantitative estimate of drug-likeness (QED) is 0.805. The van der Waals surface area contributed by atoms with E-state index in [-0.39, 0.29) is 0 Å². The fourth-order valence-electron chi connectivity index (χ4n) is 2.98. The lowest BCUT2D eigenvalue weighted by Crippen LogP contribution is -2.40. The Labute approximate surface area is 111 Å². The summed E-state index contributed by atoms with van der Waals surface area (Å²) in [6.45, 7) is 7.98. The molecule has 1 aliphatic heterocycles. The van der Waals surface area contributed by atoms with Crippen LogP contribution in [0.1, 0.15) is 51.3 Å². The van der Waals surface area contributed by atoms with Crippen LogP contribution in [0, 0.1) is 0 Å². The van der Waals surface area contributed by atoms with E-state index < -0.39 is 0 Å². The van der Waals surface area contributed by atoms with Crippen LogP contribution < -0.4 is 5.32 Å². The van der Waals surface area contributed by atoms with Gasteiger partial charge in [0.1, 0.15) is 5.76 Å². The van der Waals surface area contributed by atoms with Gasteiger partial charge in [0.05, 0.1) is 12.3 Å². The third-order valence-corrected chi connectivity index (χ3v) is 3.83. The minimum absolute atomic E-state index is 0.433. The first kappa shape index (κ1) is 13.6. The molecule has 102 valence electrons. The molecule has 1 aliphatic rings. The number of hydrogen-bond acceptors (Lipinski definition) is 3. The van der Waals surface area contributed by atoms with Crippen molar-refractivity contribution in [1.82, 2.24) is 10.2 Å². The van der Waals surface area contributed by atoms with E-state index in [0.717, 1.165) is 25.3 Å². The Morgan fingerprint density at radius 2 is 2.39 bits per heavy atom. The summed E-state index contributed by atoms with van der Waals surface area (Å²) in [4.78, 5) is 2.59. The van der Waals surface area contributed by atoms with Gasteiger partial charge in [-0.05, 0) is 50.9 Å². The zero-order valence-electron chi connectivity index (χ0n) is 11.7. The van der Waals surface area contributed by atoms with Crippen molar-refractivity contribution in [2.24, 2.45) is 0 Å². The van der Waals surface area contributed by atoms with Crippen LogP contribution in [-0.2, 0) is 0 Å². The molecule has 2 rings (SSSR count). The third-order valence-electron chi connectivity index (χ3n) is 3.83. The van der Waals surface area contributed by atoms with Crippen molar-refractivity contribution in [2.75, 3.05) is 19.6 Å². The molecule has 0 spiro atoms. The molecule has 2 unspecified atom stereocenters. The molecule has 1 aromatic heterocycles. The maximum absolute atomic E-state index is 5.62. The van der Waals surface area contributed by atoms with Gasteiger partial charge in [0.2, 0.25) is 0 Å². The van der Waals surface area contributed by atoms with Crippen LogP contribution in [0.5, 0.6) is 0 Å². The molecule has 18 heavy (non-hydrogen) atoms. The molecule has 0 bridgehead atoms. The van der Waals surface area contributed by atoms with Crippen LogP contribution in [0.2, 0.25) is 0 Å². The van der Waals surface area contributed by atoms with Gasteiger partial charge in [-0.1, -0.05) is 13.8 Å². The number of nitrogens with zero attached hydrogens (tertiary/aromatic N) is 1. The molecule has 1 N–H and O–H groups in total. The Kier molecular flexibility index (Phi) is 5.26. The molecule has 1 fully saturated rings. The third kappa shape index (κ3) is 3.36. The Bertz CT molecular complexity index is 317. The molecule has 1 aromatic rings. The van der Waals surface area contributed by atoms with Crippen LogP contribution in [0.4, 0.5) is 0 Å². The van der Waals surface area contributed by atoms with Crippen LogP contribution in [0.25, 0.3) is 0 Å². The van der Waals surface area contributed by atoms with Gasteiger partial charge in [-0.25, -0.2) is 0 Å². The molecule has 0 aliphatic carbocycles. The number of nitrogens with one attached hydrogen (secondary N) is 1. The molecule has 0 amide bonds. The van der Waals surface area contributed by atoms with Crippen molar-refractivity contribution < 1.29 is 4.42 Å². The van der Waals surface area contributed by atoms with E-state index in [0.29, 0.717) is 12.1 Å². The van der Waals surface area contributed by atoms with Crippen LogP contribution >= 0.6 is 0 Å². The zero-order valence-corrected chi connectivity index (χ0v) is 11.7. The maximum Gasteiger partial charge on any atom is 0.120 e. The average molecular weight is 250 g/mol. The van der Waals surface area contributed by atoms with Crippen molar-refractivity contribution in [3.8, 4) is 0 Å². The van der Waals surface area contributed by atoms with E-state index in [9.17, 15) is 0 Å². The second kappa shape index (κ2) is 6.95. The molecule has 3 heteroatoms. The van der Waals surface area contributed by atoms with E-state index in [4.69, 9.17) is 4.42 Å². The standard InChI is InChI=1S/C15H26N2O/c1-3-10-17(12-13-7-5-9-16-13)14(4-2)15-8-6-11-18-15/h6,8,11,13-14,16H,3-5,7,9-10,12H2,1-2H3. The van der Waals surface area contributed by atoms with Crippen molar-refractivity contribution in [3.05, 3.63) is 24.2 Å². The molecule has 0 aromatic carbocycles. The summed E-state index contributed by atoms with van der Waals surface area (Å²) >= 11 is 0. The molecule has 3 nitrogen and oxygen atoms in total. The second-order valence-electron chi connectivity index (χ2n) is 5.23. The van der Waals surface area contributed by atoms with E-state index >= 15 is 0 Å². The highest BCUT2D eigenvalue weighted by molar-refractivity contribution is 5.05. The van der Waals surface area contributed by atoms with Gasteiger partial charge >= 0.3 is 0 Å². The second-order valence-corrected chi connectivity index (χ2v) is 5.23. The predicted octanol–water partition coefficient (Wildman–Crippen LogP) is 3.19. The van der Waals surface area contributed by atoms with Gasteiger partial charge in [0.25, 0.3) is 0 Å². The maximum atomic E-state index is 5.62. The van der Waals surface area contributed by atoms with Gasteiger partial charge < -0.3 is 9.73 Å². The monoisotopic (exact) mass is 250 g/mol. The molecular formula is C15H26N2O. The summed E-state index contributed by atoms with van der Waals surface area (Å²) in [5, 5.41) is 3.60. The van der Waals surface area contributed by atoms with Crippen molar-refractivity contribution in [3.63, 3.8) is 0 Å². The fraction of sp³-hybridized carbons (Fsp3) is 0.733. The Morgan fingerprint density at radius 3 is 2.94 bits per heavy atom. The van der Waals surface area contributed by atoms with Gasteiger partial charge in [0, 0.05) is 12.6 Å². The minimum Gasteiger partial charge on any atom is -0.468 e. The highest BCUT2D eigenvalue weighted by atomic mass is 16.3. The predicted molar refractivity (Wildman–Crippen MR) is 74.6 cm³/mol. The van der Waals surface area contributed by atoms with Crippen molar-refractivity contribution >= 4 is 0 Å². The van der Waals surface area contributed by atoms with Gasteiger partial charge in [0.15, 0.2) is 0 Å². The summed E-state index contributed by atoms with van der Waals surface area (Å²) < 4.78 is 5.62. The minimum atomic E-state index is 0.433. The first-order chi connectivity index (χ1) is 8.85. The smallest absolute Gasteiger partial charge is 0.120 e. The first-order valence-corrected chi connectivity index (χ1v) is 7.36. The first-order valence-electron chi connectivity index (χ1n) is 7.36. The molecule has 0 radical (unpaired) electrons. The lowest BCUT2D eigenvalue weighted by atomic mass is 10.1. The fourth-order valence-corrected chi connectivity index (χ4v) is 2.98. The van der Waals surface area contributed by atoms with E-state index in [1.54, 1.807) is 6.26 Å². The Balaban J connectivity index is 2.01. The number of rotatable bonds is 7. The van der Waals surface area contributed by atoms with Gasteiger partial charge in [-0.15, -0.1) is 0 Å². The summed E-state index contributed by atoms with van der Waals surface area (Å²) in [6, 6.07) is 5.21. The van der Waals surface area contributed by atoms with Gasteiger partial charge in [-0.2, -0.15) is 0 Å². The van der Waals surface area contributed by atoms with Crippen LogP contribution in [0.15, 0.2) is 22.8 Å². The van der Waals surface area contributed by atoms with Crippen molar-refractivity contribution in [1.29, 1.82) is 0 Å². The van der Waals surface area contributed by atoms with E-state index in [1.165, 1.54) is 25.8 Å². The van der Waals surface area contributed by atoms with E-state index in [1.807, 2.05) is 6.07 Å². The summed E-state index contributed by atoms with van der Waals surface area (Å²) in [7, 11) is 0. The lowest BCUT2D eigenvalue weighted by Gasteiger charge is -2.31. The Hall–Kier alpha value is -0.800. The van der Waals surface area contributed by atoms with Crippen molar-refractivity contribution in [2.45, 2.75) is 51.6 Å². The zero-order chi connectivity index (χ0) is 12.8. The van der Waals surface area contributed by atoms with Crippen LogP contribution in [0.3, 0.4) is 0 Å². The molecule has 2 atom stereocenters. The number of furan rings is 1. The topological polar surface area (TPSA) is 28.4 Å². The van der Waals surface area contributed by atoms with E-state index in [2.05, 4.69) is 30.1 Å². The molecule has 0 saturated carbocycles. The lowest BCUT2D eigenvalue weighted by molar-refractivity contribution is 0.156. The normalized spacial score (nSPS) is 21.6. The molecule has 1 saturated heterocycles. The summed E-state index contributed by atoms with van der Waals surface area (Å²) in [6.07, 6.45) is 6.73. The van der Waals surface area contributed by atoms with Crippen LogP contribution in [-0.4, -0.2) is 30.6 Å². The number of hydrogen-bond donors (Lipinski definition) is 1. The largest absolute Gasteiger partial charge is 0.468 e. The van der Waals surface area contributed by atoms with Gasteiger partial charge in [-0.3, -0.25) is 4.90 Å². The average Bonchev–Trinajstić information content (AvgIpc) is 3.03. The SMILES string of the molecule is CCCN(CC1CCCN1)C(CC)c1ccco1. The molecular weight excluding hydrogens is 224 g/mol.